The molecule has 5 heteroatoms. The Bertz CT molecular complexity index is 735. The highest BCUT2D eigenvalue weighted by molar-refractivity contribution is 5.53. The first kappa shape index (κ1) is 17.6. The van der Waals surface area contributed by atoms with E-state index in [2.05, 4.69) is 57.3 Å². The van der Waals surface area contributed by atoms with Crippen LogP contribution in [-0.2, 0) is 6.42 Å². The number of rotatable bonds is 4. The smallest absolute Gasteiger partial charge is 0.0711 e. The molecule has 2 saturated heterocycles. The highest BCUT2D eigenvalue weighted by Gasteiger charge is 2.36. The van der Waals surface area contributed by atoms with Gasteiger partial charge in [0.05, 0.1) is 11.8 Å². The Morgan fingerprint density at radius 2 is 1.92 bits per heavy atom. The molecule has 2 atom stereocenters. The first-order valence-electron chi connectivity index (χ1n) is 9.83. The zero-order valence-electron chi connectivity index (χ0n) is 15.9. The molecule has 1 aromatic carbocycles. The van der Waals surface area contributed by atoms with Crippen LogP contribution in [0.25, 0.3) is 0 Å². The third-order valence-corrected chi connectivity index (χ3v) is 6.10. The minimum Gasteiger partial charge on any atom is -0.391 e. The maximum absolute atomic E-state index is 10.5. The van der Waals surface area contributed by atoms with E-state index in [1.165, 1.54) is 24.1 Å². The van der Waals surface area contributed by atoms with Gasteiger partial charge >= 0.3 is 0 Å². The lowest BCUT2D eigenvalue weighted by atomic mass is 9.99. The molecular formula is C21H30N4O. The number of H-pyrrole nitrogens is 1. The van der Waals surface area contributed by atoms with Crippen molar-refractivity contribution in [3.05, 3.63) is 47.3 Å². The quantitative estimate of drug-likeness (QED) is 0.886. The number of nitrogens with zero attached hydrogens (tertiary/aromatic N) is 3. The molecule has 140 valence electrons. The van der Waals surface area contributed by atoms with Crippen molar-refractivity contribution >= 4 is 5.69 Å². The number of aryl methyl sites for hydroxylation is 2. The van der Waals surface area contributed by atoms with Gasteiger partial charge in [0.25, 0.3) is 0 Å². The lowest BCUT2D eigenvalue weighted by molar-refractivity contribution is 0.131. The van der Waals surface area contributed by atoms with Gasteiger partial charge in [0, 0.05) is 49.5 Å². The SMILES string of the molecule is Cc1cc(C[C@@H]2CN(C3CCN(c4ccccc4C)CC3)C[C@H]2O)n[nH]1. The molecule has 0 saturated carbocycles. The molecule has 2 fully saturated rings. The van der Waals surface area contributed by atoms with E-state index in [1.54, 1.807) is 0 Å². The monoisotopic (exact) mass is 354 g/mol. The number of nitrogens with one attached hydrogen (secondary N) is 1. The normalized spacial score (nSPS) is 25.1. The Morgan fingerprint density at radius 3 is 2.62 bits per heavy atom. The van der Waals surface area contributed by atoms with E-state index in [1.807, 2.05) is 6.92 Å². The van der Waals surface area contributed by atoms with Gasteiger partial charge in [-0.1, -0.05) is 18.2 Å². The van der Waals surface area contributed by atoms with Crippen LogP contribution in [0.1, 0.15) is 29.8 Å². The van der Waals surface area contributed by atoms with E-state index < -0.39 is 0 Å². The Kier molecular flexibility index (Phi) is 5.00. The number of piperidine rings is 1. The minimum absolute atomic E-state index is 0.235. The number of anilines is 1. The zero-order valence-corrected chi connectivity index (χ0v) is 15.9. The predicted molar refractivity (Wildman–Crippen MR) is 105 cm³/mol. The first-order valence-corrected chi connectivity index (χ1v) is 9.83. The molecule has 4 rings (SSSR count). The standard InChI is InChI=1S/C21H30N4O/c1-15-5-3-4-6-20(15)24-9-7-19(8-10-24)25-13-17(21(26)14-25)12-18-11-16(2)22-23-18/h3-6,11,17,19,21,26H,7-10,12-14H2,1-2H3,(H,22,23)/t17-,21-/m1/s1. The molecule has 0 bridgehead atoms. The Labute approximate surface area is 156 Å². The summed E-state index contributed by atoms with van der Waals surface area (Å²) in [5.41, 5.74) is 4.90. The van der Waals surface area contributed by atoms with Gasteiger partial charge < -0.3 is 10.0 Å². The second-order valence-electron chi connectivity index (χ2n) is 8.03. The molecule has 2 N–H and O–H groups in total. The van der Waals surface area contributed by atoms with Crippen LogP contribution < -0.4 is 4.90 Å². The summed E-state index contributed by atoms with van der Waals surface area (Å²) >= 11 is 0. The number of benzene rings is 1. The van der Waals surface area contributed by atoms with E-state index in [0.717, 1.165) is 44.0 Å². The molecule has 0 aliphatic carbocycles. The van der Waals surface area contributed by atoms with E-state index in [-0.39, 0.29) is 6.10 Å². The van der Waals surface area contributed by atoms with Gasteiger partial charge in [-0.25, -0.2) is 0 Å². The van der Waals surface area contributed by atoms with Crippen LogP contribution in [0.4, 0.5) is 5.69 Å². The van der Waals surface area contributed by atoms with Crippen LogP contribution in [0.5, 0.6) is 0 Å². The highest BCUT2D eigenvalue weighted by Crippen LogP contribution is 2.29. The van der Waals surface area contributed by atoms with E-state index in [4.69, 9.17) is 0 Å². The fourth-order valence-electron chi connectivity index (χ4n) is 4.62. The maximum atomic E-state index is 10.5. The number of aromatic amines is 1. The number of aromatic nitrogens is 2. The van der Waals surface area contributed by atoms with Crippen molar-refractivity contribution in [2.75, 3.05) is 31.1 Å². The summed E-state index contributed by atoms with van der Waals surface area (Å²) < 4.78 is 0. The van der Waals surface area contributed by atoms with Crippen molar-refractivity contribution in [1.29, 1.82) is 0 Å². The maximum Gasteiger partial charge on any atom is 0.0711 e. The molecule has 1 aromatic heterocycles. The fourth-order valence-corrected chi connectivity index (χ4v) is 4.62. The van der Waals surface area contributed by atoms with Crippen molar-refractivity contribution in [2.45, 2.75) is 45.3 Å². The predicted octanol–water partition coefficient (Wildman–Crippen LogP) is 2.53. The van der Waals surface area contributed by atoms with Gasteiger partial charge in [0.15, 0.2) is 0 Å². The van der Waals surface area contributed by atoms with Crippen molar-refractivity contribution in [1.82, 2.24) is 15.1 Å². The lowest BCUT2D eigenvalue weighted by Gasteiger charge is -2.38. The summed E-state index contributed by atoms with van der Waals surface area (Å²) in [6, 6.07) is 11.4. The van der Waals surface area contributed by atoms with E-state index in [9.17, 15) is 5.11 Å². The minimum atomic E-state index is -0.235. The Morgan fingerprint density at radius 1 is 1.15 bits per heavy atom. The summed E-state index contributed by atoms with van der Waals surface area (Å²) in [7, 11) is 0. The van der Waals surface area contributed by atoms with Crippen molar-refractivity contribution in [3.63, 3.8) is 0 Å². The molecule has 26 heavy (non-hydrogen) atoms. The van der Waals surface area contributed by atoms with Crippen LogP contribution in [0.2, 0.25) is 0 Å². The summed E-state index contributed by atoms with van der Waals surface area (Å²) in [5, 5.41) is 17.9. The number of β-amino-alcohol motifs (C(OH)–C–C–N with tert-alkyl or cyclic N) is 1. The molecule has 2 aromatic rings. The molecule has 0 unspecified atom stereocenters. The molecule has 0 radical (unpaired) electrons. The van der Waals surface area contributed by atoms with Gasteiger partial charge in [-0.05, 0) is 50.8 Å². The van der Waals surface area contributed by atoms with Crippen LogP contribution in [-0.4, -0.2) is 58.5 Å². The molecule has 3 heterocycles. The molecule has 0 spiro atoms. The van der Waals surface area contributed by atoms with E-state index in [0.29, 0.717) is 12.0 Å². The first-order chi connectivity index (χ1) is 12.6. The number of hydrogen-bond donors (Lipinski definition) is 2. The van der Waals surface area contributed by atoms with Crippen LogP contribution >= 0.6 is 0 Å². The van der Waals surface area contributed by atoms with Crippen molar-refractivity contribution in [2.24, 2.45) is 5.92 Å². The second kappa shape index (κ2) is 7.41. The summed E-state index contributed by atoms with van der Waals surface area (Å²) in [6.07, 6.45) is 2.98. The lowest BCUT2D eigenvalue weighted by Crippen LogP contribution is -2.44. The van der Waals surface area contributed by atoms with Gasteiger partial charge in [-0.15, -0.1) is 0 Å². The Balaban J connectivity index is 1.33. The third-order valence-electron chi connectivity index (χ3n) is 6.10. The van der Waals surface area contributed by atoms with Gasteiger partial charge in [-0.2, -0.15) is 5.10 Å². The number of para-hydroxylation sites is 1. The third kappa shape index (κ3) is 3.64. The van der Waals surface area contributed by atoms with Gasteiger partial charge in [0.2, 0.25) is 0 Å². The number of aliphatic hydroxyl groups is 1. The fraction of sp³-hybridized carbons (Fsp3) is 0.571. The Hall–Kier alpha value is -1.85. The topological polar surface area (TPSA) is 55.4 Å². The largest absolute Gasteiger partial charge is 0.391 e. The molecule has 0 amide bonds. The van der Waals surface area contributed by atoms with Crippen LogP contribution in [0, 0.1) is 19.8 Å². The molecular weight excluding hydrogens is 324 g/mol. The van der Waals surface area contributed by atoms with Crippen LogP contribution in [0.15, 0.2) is 30.3 Å². The van der Waals surface area contributed by atoms with Crippen LogP contribution in [0.3, 0.4) is 0 Å². The van der Waals surface area contributed by atoms with Gasteiger partial charge in [-0.3, -0.25) is 10.00 Å². The molecule has 2 aliphatic heterocycles. The number of likely N-dealkylation sites (tertiary alicyclic amines) is 1. The van der Waals surface area contributed by atoms with E-state index >= 15 is 0 Å². The van der Waals surface area contributed by atoms with Gasteiger partial charge in [0.1, 0.15) is 0 Å². The zero-order chi connectivity index (χ0) is 18.1. The summed E-state index contributed by atoms with van der Waals surface area (Å²) in [4.78, 5) is 5.03. The number of aliphatic hydroxyl groups excluding tert-OH is 1. The molecule has 2 aliphatic rings. The summed E-state index contributed by atoms with van der Waals surface area (Å²) in [6.45, 7) is 8.22. The average molecular weight is 354 g/mol. The highest BCUT2D eigenvalue weighted by atomic mass is 16.3. The summed E-state index contributed by atoms with van der Waals surface area (Å²) in [5.74, 6) is 0.298. The van der Waals surface area contributed by atoms with Crippen molar-refractivity contribution < 1.29 is 5.11 Å². The molecule has 5 nitrogen and oxygen atoms in total. The second-order valence-corrected chi connectivity index (χ2v) is 8.03. The number of hydrogen-bond acceptors (Lipinski definition) is 4. The average Bonchev–Trinajstić information content (AvgIpc) is 3.22. The van der Waals surface area contributed by atoms with Crippen molar-refractivity contribution in [3.8, 4) is 0 Å².